The van der Waals surface area contributed by atoms with E-state index >= 15 is 0 Å². The fourth-order valence-corrected chi connectivity index (χ4v) is 0.632. The van der Waals surface area contributed by atoms with Crippen LogP contribution in [-0.4, -0.2) is 18.3 Å². The Balaban J connectivity index is 2.15. The minimum atomic E-state index is 0.0563. The highest BCUT2D eigenvalue weighted by Gasteiger charge is 1.92. The molecule has 1 rings (SSSR count). The van der Waals surface area contributed by atoms with Gasteiger partial charge >= 0.3 is 0 Å². The van der Waals surface area contributed by atoms with Gasteiger partial charge in [0.15, 0.2) is 0 Å². The lowest BCUT2D eigenvalue weighted by atomic mass is 10.5. The van der Waals surface area contributed by atoms with Gasteiger partial charge in [-0.25, -0.2) is 0 Å². The zero-order valence-corrected chi connectivity index (χ0v) is 5.62. The van der Waals surface area contributed by atoms with Gasteiger partial charge in [0.25, 0.3) is 0 Å². The normalized spacial score (nSPS) is 10.1. The van der Waals surface area contributed by atoms with Gasteiger partial charge in [0.1, 0.15) is 12.4 Å². The van der Waals surface area contributed by atoms with Crippen molar-refractivity contribution in [2.75, 3.05) is 13.2 Å². The molecule has 0 saturated carbocycles. The quantitative estimate of drug-likeness (QED) is 0.632. The molecule has 1 aromatic rings. The van der Waals surface area contributed by atoms with Crippen LogP contribution in [0.4, 0.5) is 0 Å². The summed E-state index contributed by atoms with van der Waals surface area (Å²) in [6.45, 7) is 0.856. The van der Waals surface area contributed by atoms with E-state index in [0.29, 0.717) is 13.2 Å². The van der Waals surface area contributed by atoms with Gasteiger partial charge in [0.05, 0.1) is 19.5 Å². The molecule has 0 aromatic carbocycles. The van der Waals surface area contributed by atoms with Crippen molar-refractivity contribution in [3.63, 3.8) is 0 Å². The van der Waals surface area contributed by atoms with Gasteiger partial charge in [-0.3, -0.25) is 0 Å². The van der Waals surface area contributed by atoms with E-state index in [-0.39, 0.29) is 6.61 Å². The molecule has 0 spiro atoms. The Hall–Kier alpha value is -0.800. The molecular formula is C7H10O3. The first-order chi connectivity index (χ1) is 4.93. The molecule has 1 N–H and O–H groups in total. The van der Waals surface area contributed by atoms with E-state index in [1.54, 1.807) is 12.3 Å². The molecule has 0 fully saturated rings. The van der Waals surface area contributed by atoms with Crippen molar-refractivity contribution >= 4 is 0 Å². The molecule has 0 aliphatic heterocycles. The molecule has 3 heteroatoms. The highest BCUT2D eigenvalue weighted by atomic mass is 16.5. The van der Waals surface area contributed by atoms with Gasteiger partial charge in [0.2, 0.25) is 0 Å². The first-order valence-corrected chi connectivity index (χ1v) is 3.14. The SMILES string of the molecule is OCCOCc1ccco1. The van der Waals surface area contributed by atoms with Crippen LogP contribution in [0.1, 0.15) is 5.76 Å². The Kier molecular flexibility index (Phi) is 2.99. The second-order valence-electron chi connectivity index (χ2n) is 1.86. The van der Waals surface area contributed by atoms with Gasteiger partial charge in [-0.05, 0) is 12.1 Å². The Labute approximate surface area is 59.2 Å². The van der Waals surface area contributed by atoms with Crippen molar-refractivity contribution in [3.05, 3.63) is 24.2 Å². The summed E-state index contributed by atoms with van der Waals surface area (Å²) in [6, 6.07) is 3.63. The molecule has 0 atom stereocenters. The number of aliphatic hydroxyl groups is 1. The molecule has 0 radical (unpaired) electrons. The smallest absolute Gasteiger partial charge is 0.129 e. The molecule has 0 unspecified atom stereocenters. The molecule has 0 bridgehead atoms. The lowest BCUT2D eigenvalue weighted by Crippen LogP contribution is -1.97. The first kappa shape index (κ1) is 7.31. The van der Waals surface area contributed by atoms with Crippen LogP contribution in [0.25, 0.3) is 0 Å². The van der Waals surface area contributed by atoms with Crippen molar-refractivity contribution < 1.29 is 14.3 Å². The summed E-state index contributed by atoms with van der Waals surface area (Å²) in [5.41, 5.74) is 0. The number of hydrogen-bond acceptors (Lipinski definition) is 3. The second-order valence-corrected chi connectivity index (χ2v) is 1.86. The summed E-state index contributed by atoms with van der Waals surface area (Å²) in [7, 11) is 0. The number of aliphatic hydroxyl groups excluding tert-OH is 1. The summed E-state index contributed by atoms with van der Waals surface area (Å²) >= 11 is 0. The van der Waals surface area contributed by atoms with Crippen LogP contribution in [0.5, 0.6) is 0 Å². The highest BCUT2D eigenvalue weighted by Crippen LogP contribution is 2.00. The van der Waals surface area contributed by atoms with Crippen molar-refractivity contribution in [1.82, 2.24) is 0 Å². The zero-order valence-electron chi connectivity index (χ0n) is 5.62. The molecule has 10 heavy (non-hydrogen) atoms. The Bertz CT molecular complexity index is 157. The number of furan rings is 1. The second kappa shape index (κ2) is 4.09. The minimum Gasteiger partial charge on any atom is -0.467 e. The third kappa shape index (κ3) is 2.21. The Morgan fingerprint density at radius 1 is 1.60 bits per heavy atom. The van der Waals surface area contributed by atoms with Gasteiger partial charge in [-0.1, -0.05) is 0 Å². The largest absolute Gasteiger partial charge is 0.467 e. The summed E-state index contributed by atoms with van der Waals surface area (Å²) in [4.78, 5) is 0. The van der Waals surface area contributed by atoms with Gasteiger partial charge in [-0.2, -0.15) is 0 Å². The summed E-state index contributed by atoms with van der Waals surface area (Å²) in [5.74, 6) is 0.786. The summed E-state index contributed by atoms with van der Waals surface area (Å²) in [5, 5.41) is 8.34. The van der Waals surface area contributed by atoms with Crippen LogP contribution >= 0.6 is 0 Å². The van der Waals surface area contributed by atoms with E-state index in [2.05, 4.69) is 0 Å². The molecule has 0 aliphatic rings. The van der Waals surface area contributed by atoms with Crippen LogP contribution in [0.15, 0.2) is 22.8 Å². The third-order valence-electron chi connectivity index (χ3n) is 1.06. The number of ether oxygens (including phenoxy) is 1. The topological polar surface area (TPSA) is 42.6 Å². The van der Waals surface area contributed by atoms with E-state index < -0.39 is 0 Å². The van der Waals surface area contributed by atoms with Crippen LogP contribution in [0.3, 0.4) is 0 Å². The third-order valence-corrected chi connectivity index (χ3v) is 1.06. The van der Waals surface area contributed by atoms with Gasteiger partial charge < -0.3 is 14.3 Å². The van der Waals surface area contributed by atoms with Crippen molar-refractivity contribution in [1.29, 1.82) is 0 Å². The molecular weight excluding hydrogens is 132 g/mol. The number of rotatable bonds is 4. The van der Waals surface area contributed by atoms with E-state index in [1.807, 2.05) is 6.07 Å². The molecule has 1 heterocycles. The van der Waals surface area contributed by atoms with E-state index in [9.17, 15) is 0 Å². The molecule has 3 nitrogen and oxygen atoms in total. The lowest BCUT2D eigenvalue weighted by molar-refractivity contribution is 0.0715. The van der Waals surface area contributed by atoms with Gasteiger partial charge in [0, 0.05) is 0 Å². The fraction of sp³-hybridized carbons (Fsp3) is 0.429. The predicted octanol–water partition coefficient (Wildman–Crippen LogP) is 0.788. The van der Waals surface area contributed by atoms with Crippen molar-refractivity contribution in [2.45, 2.75) is 6.61 Å². The first-order valence-electron chi connectivity index (χ1n) is 3.14. The maximum absolute atomic E-state index is 8.34. The van der Waals surface area contributed by atoms with Crippen LogP contribution in [0, 0.1) is 0 Å². The van der Waals surface area contributed by atoms with Crippen molar-refractivity contribution in [3.8, 4) is 0 Å². The van der Waals surface area contributed by atoms with Crippen LogP contribution in [-0.2, 0) is 11.3 Å². The molecule has 1 aromatic heterocycles. The van der Waals surface area contributed by atoms with E-state index in [0.717, 1.165) is 5.76 Å². The van der Waals surface area contributed by atoms with Crippen molar-refractivity contribution in [2.24, 2.45) is 0 Å². The molecule has 56 valence electrons. The average molecular weight is 142 g/mol. The Morgan fingerprint density at radius 2 is 2.50 bits per heavy atom. The van der Waals surface area contributed by atoms with Gasteiger partial charge in [-0.15, -0.1) is 0 Å². The maximum atomic E-state index is 8.34. The summed E-state index contributed by atoms with van der Waals surface area (Å²) in [6.07, 6.45) is 1.59. The monoisotopic (exact) mass is 142 g/mol. The minimum absolute atomic E-state index is 0.0563. The van der Waals surface area contributed by atoms with E-state index in [4.69, 9.17) is 14.3 Å². The predicted molar refractivity (Wildman–Crippen MR) is 35.4 cm³/mol. The summed E-state index contributed by atoms with van der Waals surface area (Å²) < 4.78 is 9.96. The standard InChI is InChI=1S/C7H10O3/c8-3-5-9-6-7-2-1-4-10-7/h1-2,4,8H,3,5-6H2. The molecule has 0 aliphatic carbocycles. The lowest BCUT2D eigenvalue weighted by Gasteiger charge is -1.96. The van der Waals surface area contributed by atoms with E-state index in [1.165, 1.54) is 0 Å². The number of hydrogen-bond donors (Lipinski definition) is 1. The molecule has 0 amide bonds. The van der Waals surface area contributed by atoms with Crippen LogP contribution in [0.2, 0.25) is 0 Å². The van der Waals surface area contributed by atoms with Crippen LogP contribution < -0.4 is 0 Å². The highest BCUT2D eigenvalue weighted by molar-refractivity contribution is 4.95. The molecule has 0 saturated heterocycles. The maximum Gasteiger partial charge on any atom is 0.129 e. The fourth-order valence-electron chi connectivity index (χ4n) is 0.632. The Morgan fingerprint density at radius 3 is 3.10 bits per heavy atom. The zero-order chi connectivity index (χ0) is 7.23. The average Bonchev–Trinajstić information content (AvgIpc) is 2.41.